The van der Waals surface area contributed by atoms with Crippen LogP contribution in [-0.2, 0) is 10.0 Å². The van der Waals surface area contributed by atoms with E-state index < -0.39 is 16.2 Å². The number of halogens is 1. The largest absolute Gasteiger partial charge is 0.508 e. The monoisotopic (exact) mass is 442 g/mol. The van der Waals surface area contributed by atoms with Crippen LogP contribution in [0.15, 0.2) is 82.1 Å². The molecule has 0 amide bonds. The molecule has 3 aromatic rings. The lowest BCUT2D eigenvalue weighted by atomic mass is 10.1. The van der Waals surface area contributed by atoms with E-state index in [0.29, 0.717) is 10.7 Å². The Balaban J connectivity index is 1.78. The van der Waals surface area contributed by atoms with Crippen LogP contribution < -0.4 is 15.5 Å². The highest BCUT2D eigenvalue weighted by Crippen LogP contribution is 2.32. The SMILES string of the molecule is CN1c2ccccc2NC(=NS(=O)(=O)c2ccc(Cl)cc2)C1Nc1cccc(O)c1. The van der Waals surface area contributed by atoms with Crippen LogP contribution >= 0.6 is 11.6 Å². The Morgan fingerprint density at radius 1 is 1.07 bits per heavy atom. The smallest absolute Gasteiger partial charge is 0.284 e. The van der Waals surface area contributed by atoms with Crippen LogP contribution in [0.1, 0.15) is 0 Å². The van der Waals surface area contributed by atoms with Gasteiger partial charge in [-0.25, -0.2) is 0 Å². The lowest BCUT2D eigenvalue weighted by Gasteiger charge is -2.38. The number of likely N-dealkylation sites (N-methyl/N-ethyl adjacent to an activating group) is 1. The number of para-hydroxylation sites is 2. The van der Waals surface area contributed by atoms with Crippen molar-refractivity contribution in [3.63, 3.8) is 0 Å². The van der Waals surface area contributed by atoms with Crippen molar-refractivity contribution in [3.8, 4) is 5.75 Å². The van der Waals surface area contributed by atoms with E-state index in [1.807, 2.05) is 36.2 Å². The van der Waals surface area contributed by atoms with Crippen molar-refractivity contribution in [2.75, 3.05) is 22.6 Å². The Morgan fingerprint density at radius 2 is 1.80 bits per heavy atom. The van der Waals surface area contributed by atoms with E-state index in [0.717, 1.165) is 11.4 Å². The fraction of sp³-hybridized carbons (Fsp3) is 0.0952. The number of hydrogen-bond acceptors (Lipinski definition) is 5. The molecule has 0 bridgehead atoms. The summed E-state index contributed by atoms with van der Waals surface area (Å²) < 4.78 is 29.9. The topological polar surface area (TPSA) is 94.0 Å². The minimum absolute atomic E-state index is 0.0406. The van der Waals surface area contributed by atoms with Gasteiger partial charge in [-0.05, 0) is 48.5 Å². The van der Waals surface area contributed by atoms with Gasteiger partial charge in [-0.3, -0.25) is 0 Å². The van der Waals surface area contributed by atoms with E-state index >= 15 is 0 Å². The Kier molecular flexibility index (Phi) is 5.27. The summed E-state index contributed by atoms with van der Waals surface area (Å²) in [6, 6.07) is 20.0. The third-order valence-electron chi connectivity index (χ3n) is 4.67. The van der Waals surface area contributed by atoms with Gasteiger partial charge in [0.2, 0.25) is 0 Å². The van der Waals surface area contributed by atoms with Crippen molar-refractivity contribution < 1.29 is 13.5 Å². The molecule has 4 rings (SSSR count). The number of amidine groups is 1. The normalized spacial score (nSPS) is 17.3. The number of hydrogen-bond donors (Lipinski definition) is 3. The molecule has 0 saturated heterocycles. The molecule has 0 spiro atoms. The number of sulfonamides is 1. The molecule has 3 N–H and O–H groups in total. The second-order valence-electron chi connectivity index (χ2n) is 6.76. The highest BCUT2D eigenvalue weighted by Gasteiger charge is 2.31. The molecule has 3 aromatic carbocycles. The summed E-state index contributed by atoms with van der Waals surface area (Å²) in [7, 11) is -2.15. The minimum atomic E-state index is -3.99. The number of nitrogens with zero attached hydrogens (tertiary/aromatic N) is 2. The quantitative estimate of drug-likeness (QED) is 0.562. The van der Waals surface area contributed by atoms with Gasteiger partial charge < -0.3 is 20.6 Å². The van der Waals surface area contributed by atoms with Crippen molar-refractivity contribution in [1.29, 1.82) is 0 Å². The first-order valence-corrected chi connectivity index (χ1v) is 10.9. The summed E-state index contributed by atoms with van der Waals surface area (Å²) in [5.74, 6) is 0.300. The number of rotatable bonds is 4. The maximum atomic E-state index is 12.9. The Bertz CT molecular complexity index is 1210. The third kappa shape index (κ3) is 4.05. The van der Waals surface area contributed by atoms with Gasteiger partial charge in [0.05, 0.1) is 16.3 Å². The fourth-order valence-electron chi connectivity index (χ4n) is 3.20. The molecular weight excluding hydrogens is 424 g/mol. The highest BCUT2D eigenvalue weighted by molar-refractivity contribution is 7.90. The van der Waals surface area contributed by atoms with Crippen molar-refractivity contribution in [2.45, 2.75) is 11.1 Å². The zero-order chi connectivity index (χ0) is 21.3. The molecular formula is C21H19ClN4O3S. The van der Waals surface area contributed by atoms with E-state index in [-0.39, 0.29) is 16.5 Å². The van der Waals surface area contributed by atoms with Gasteiger partial charge in [-0.15, -0.1) is 4.40 Å². The molecule has 1 aliphatic heterocycles. The predicted octanol–water partition coefficient (Wildman–Crippen LogP) is 4.13. The Hall–Kier alpha value is -3.23. The van der Waals surface area contributed by atoms with Crippen LogP contribution in [0, 0.1) is 0 Å². The molecule has 1 unspecified atom stereocenters. The first-order valence-electron chi connectivity index (χ1n) is 9.08. The number of fused-ring (bicyclic) bond motifs is 1. The second-order valence-corrected chi connectivity index (χ2v) is 8.80. The number of nitrogens with one attached hydrogen (secondary N) is 2. The standard InChI is InChI=1S/C21H19ClN4O3S/c1-26-19-8-3-2-7-18(19)24-20(21(26)23-15-5-4-6-16(27)13-15)25-30(28,29)17-11-9-14(22)10-12-17/h2-13,21,23,27H,1H3,(H,24,25). The highest BCUT2D eigenvalue weighted by atomic mass is 35.5. The molecule has 1 aliphatic rings. The molecule has 0 fully saturated rings. The molecule has 154 valence electrons. The van der Waals surface area contributed by atoms with E-state index in [1.54, 1.807) is 24.3 Å². The van der Waals surface area contributed by atoms with Crippen LogP contribution in [0.25, 0.3) is 0 Å². The van der Waals surface area contributed by atoms with Crippen LogP contribution in [0.2, 0.25) is 5.02 Å². The van der Waals surface area contributed by atoms with Crippen LogP contribution in [0.5, 0.6) is 5.75 Å². The first-order chi connectivity index (χ1) is 14.3. The maximum Gasteiger partial charge on any atom is 0.284 e. The van der Waals surface area contributed by atoms with Gasteiger partial charge in [0.25, 0.3) is 10.0 Å². The van der Waals surface area contributed by atoms with Crippen LogP contribution in [0.3, 0.4) is 0 Å². The van der Waals surface area contributed by atoms with Gasteiger partial charge in [0.15, 0.2) is 12.0 Å². The average molecular weight is 443 g/mol. The minimum Gasteiger partial charge on any atom is -0.508 e. The van der Waals surface area contributed by atoms with Crippen LogP contribution in [0.4, 0.5) is 17.1 Å². The summed E-state index contributed by atoms with van der Waals surface area (Å²) in [5.41, 5.74) is 2.22. The predicted molar refractivity (Wildman–Crippen MR) is 120 cm³/mol. The molecule has 30 heavy (non-hydrogen) atoms. The van der Waals surface area contributed by atoms with Crippen molar-refractivity contribution in [2.24, 2.45) is 4.40 Å². The van der Waals surface area contributed by atoms with Gasteiger partial charge >= 0.3 is 0 Å². The van der Waals surface area contributed by atoms with Gasteiger partial charge in [0.1, 0.15) is 5.75 Å². The van der Waals surface area contributed by atoms with Gasteiger partial charge in [-0.2, -0.15) is 8.42 Å². The second kappa shape index (κ2) is 7.89. The van der Waals surface area contributed by atoms with Gasteiger partial charge in [0, 0.05) is 23.8 Å². The van der Waals surface area contributed by atoms with Crippen molar-refractivity contribution in [3.05, 3.63) is 77.8 Å². The zero-order valence-corrected chi connectivity index (χ0v) is 17.5. The lowest BCUT2D eigenvalue weighted by molar-refractivity contribution is 0.475. The maximum absolute atomic E-state index is 12.9. The lowest BCUT2D eigenvalue weighted by Crippen LogP contribution is -2.51. The Morgan fingerprint density at radius 3 is 2.53 bits per heavy atom. The van der Waals surface area contributed by atoms with E-state index in [9.17, 15) is 13.5 Å². The number of anilines is 3. The van der Waals surface area contributed by atoms with E-state index in [1.165, 1.54) is 24.3 Å². The molecule has 7 nitrogen and oxygen atoms in total. The van der Waals surface area contributed by atoms with Crippen molar-refractivity contribution in [1.82, 2.24) is 0 Å². The van der Waals surface area contributed by atoms with Crippen molar-refractivity contribution >= 4 is 44.5 Å². The van der Waals surface area contributed by atoms with E-state index in [2.05, 4.69) is 15.0 Å². The molecule has 9 heteroatoms. The summed E-state index contributed by atoms with van der Waals surface area (Å²) in [6.07, 6.45) is -0.622. The molecule has 1 heterocycles. The number of phenolic OH excluding ortho intramolecular Hbond substituents is 1. The summed E-state index contributed by atoms with van der Waals surface area (Å²) in [6.45, 7) is 0. The van der Waals surface area contributed by atoms with Crippen LogP contribution in [-0.4, -0.2) is 32.6 Å². The fourth-order valence-corrected chi connectivity index (χ4v) is 4.31. The number of benzene rings is 3. The summed E-state index contributed by atoms with van der Waals surface area (Å²) in [4.78, 5) is 1.92. The molecule has 1 atom stereocenters. The van der Waals surface area contributed by atoms with Gasteiger partial charge in [-0.1, -0.05) is 29.8 Å². The molecule has 0 aliphatic carbocycles. The summed E-state index contributed by atoms with van der Waals surface area (Å²) in [5, 5.41) is 16.6. The summed E-state index contributed by atoms with van der Waals surface area (Å²) >= 11 is 5.88. The van der Waals surface area contributed by atoms with E-state index in [4.69, 9.17) is 11.6 Å². The Labute approximate surface area is 179 Å². The molecule has 0 saturated carbocycles. The third-order valence-corrected chi connectivity index (χ3v) is 6.23. The zero-order valence-electron chi connectivity index (χ0n) is 15.9. The molecule has 0 aromatic heterocycles. The number of phenols is 1. The average Bonchev–Trinajstić information content (AvgIpc) is 2.71. The molecule has 0 radical (unpaired) electrons. The first kappa shape index (κ1) is 20.1. The number of aromatic hydroxyl groups is 1.